The van der Waals surface area contributed by atoms with Gasteiger partial charge in [-0.1, -0.05) is 39.1 Å². The first kappa shape index (κ1) is 25.2. The Kier molecular flexibility index (Phi) is 7.75. The summed E-state index contributed by atoms with van der Waals surface area (Å²) in [6, 6.07) is 14.8. The fourth-order valence-electron chi connectivity index (χ4n) is 3.14. The van der Waals surface area contributed by atoms with E-state index in [4.69, 9.17) is 27.9 Å². The Labute approximate surface area is 226 Å². The molecule has 0 bridgehead atoms. The molecule has 0 aliphatic rings. The molecule has 0 spiro atoms. The zero-order valence-corrected chi connectivity index (χ0v) is 22.5. The molecule has 4 rings (SSSR count). The Hall–Kier alpha value is -2.92. The van der Waals surface area contributed by atoms with Gasteiger partial charge in [-0.2, -0.15) is 5.10 Å². The molecule has 178 valence electrons. The van der Waals surface area contributed by atoms with Crippen LogP contribution in [0.25, 0.3) is 5.82 Å². The number of hydrogen-bond acceptors (Lipinski definition) is 5. The van der Waals surface area contributed by atoms with E-state index >= 15 is 0 Å². The van der Waals surface area contributed by atoms with Gasteiger partial charge in [-0.3, -0.25) is 10.1 Å². The number of aromatic nitrogens is 3. The van der Waals surface area contributed by atoms with Crippen LogP contribution in [0, 0.1) is 6.92 Å². The third-order valence-electron chi connectivity index (χ3n) is 4.65. The minimum atomic E-state index is -0.752. The van der Waals surface area contributed by atoms with Crippen LogP contribution >= 0.6 is 55.1 Å². The highest BCUT2D eigenvalue weighted by Gasteiger charge is 2.21. The van der Waals surface area contributed by atoms with Crippen LogP contribution in [-0.2, 0) is 0 Å². The molecule has 2 aromatic heterocycles. The largest absolute Gasteiger partial charge is 0.417 e. The van der Waals surface area contributed by atoms with E-state index in [0.717, 1.165) is 4.47 Å². The number of hydrogen-bond donors (Lipinski definition) is 2. The van der Waals surface area contributed by atoms with Gasteiger partial charge in [0.25, 0.3) is 5.91 Å². The van der Waals surface area contributed by atoms with Gasteiger partial charge in [-0.15, -0.1) is 0 Å². The molecule has 35 heavy (non-hydrogen) atoms. The molecule has 0 aliphatic heterocycles. The third kappa shape index (κ3) is 6.02. The smallest absolute Gasteiger partial charge is 0.410 e. The van der Waals surface area contributed by atoms with Crippen LogP contribution in [0.4, 0.5) is 16.2 Å². The number of benzene rings is 2. The Bertz CT molecular complexity index is 1430. The molecule has 0 saturated carbocycles. The average Bonchev–Trinajstić information content (AvgIpc) is 3.19. The predicted molar refractivity (Wildman–Crippen MR) is 142 cm³/mol. The molecule has 2 aromatic carbocycles. The number of carbonyl (C=O) groups is 2. The Morgan fingerprint density at radius 1 is 1.03 bits per heavy atom. The summed E-state index contributed by atoms with van der Waals surface area (Å²) in [6.07, 6.45) is 0.790. The lowest BCUT2D eigenvalue weighted by atomic mass is 10.1. The Morgan fingerprint density at radius 3 is 2.49 bits per heavy atom. The SMILES string of the molecule is Cc1cc(Cl)cc(NC(=O)Oc2ccc(Br)cc2)c1NC(=O)c1cc(Br)nn1-c1ncccc1Cl. The fourth-order valence-corrected chi connectivity index (χ4v) is 4.25. The van der Waals surface area contributed by atoms with Crippen molar-refractivity contribution in [2.45, 2.75) is 6.92 Å². The van der Waals surface area contributed by atoms with Crippen LogP contribution in [0.3, 0.4) is 0 Å². The molecular formula is C23H15Br2Cl2N5O3. The highest BCUT2D eigenvalue weighted by atomic mass is 79.9. The summed E-state index contributed by atoms with van der Waals surface area (Å²) >= 11 is 19.1. The standard InChI is InChI=1S/C23H15Br2Cl2N5O3/c1-12-9-14(26)10-17(29-23(34)35-15-6-4-13(24)5-7-15)20(12)30-22(33)18-11-19(25)31-32(18)21-16(27)3-2-8-28-21/h2-11H,1H3,(H,29,34)(H,30,33). The van der Waals surface area contributed by atoms with Crippen LogP contribution in [0.15, 0.2) is 69.9 Å². The number of nitrogens with zero attached hydrogens (tertiary/aromatic N) is 3. The van der Waals surface area contributed by atoms with Crippen molar-refractivity contribution in [3.8, 4) is 11.6 Å². The topological polar surface area (TPSA) is 98.1 Å². The molecule has 0 fully saturated rings. The molecule has 2 amide bonds. The summed E-state index contributed by atoms with van der Waals surface area (Å²) < 4.78 is 7.90. The summed E-state index contributed by atoms with van der Waals surface area (Å²) in [5.74, 6) is 0.116. The molecule has 0 atom stereocenters. The van der Waals surface area contributed by atoms with E-state index in [1.165, 1.54) is 16.8 Å². The van der Waals surface area contributed by atoms with Gasteiger partial charge >= 0.3 is 6.09 Å². The summed E-state index contributed by atoms with van der Waals surface area (Å²) in [6.45, 7) is 1.75. The molecular weight excluding hydrogens is 625 g/mol. The molecule has 4 aromatic rings. The van der Waals surface area contributed by atoms with Gasteiger partial charge in [-0.05, 0) is 76.9 Å². The van der Waals surface area contributed by atoms with Crippen molar-refractivity contribution in [3.05, 3.63) is 91.2 Å². The summed E-state index contributed by atoms with van der Waals surface area (Å²) in [4.78, 5) is 30.0. The first-order valence-corrected chi connectivity index (χ1v) is 12.3. The third-order valence-corrected chi connectivity index (χ3v) is 6.08. The van der Waals surface area contributed by atoms with Crippen molar-refractivity contribution >= 4 is 78.4 Å². The number of carbonyl (C=O) groups excluding carboxylic acids is 2. The lowest BCUT2D eigenvalue weighted by molar-refractivity contribution is 0.101. The number of anilines is 2. The van der Waals surface area contributed by atoms with Crippen LogP contribution in [0.1, 0.15) is 16.1 Å². The normalized spacial score (nSPS) is 10.7. The van der Waals surface area contributed by atoms with Crippen molar-refractivity contribution in [1.82, 2.24) is 14.8 Å². The lowest BCUT2D eigenvalue weighted by Gasteiger charge is -2.16. The predicted octanol–water partition coefficient (Wildman–Crippen LogP) is 7.27. The fraction of sp³-hybridized carbons (Fsp3) is 0.0435. The molecule has 0 radical (unpaired) electrons. The molecule has 2 N–H and O–H groups in total. The number of halogens is 4. The Morgan fingerprint density at radius 2 is 1.77 bits per heavy atom. The van der Waals surface area contributed by atoms with Crippen molar-refractivity contribution in [2.75, 3.05) is 10.6 Å². The van der Waals surface area contributed by atoms with Gasteiger partial charge in [0, 0.05) is 21.8 Å². The van der Waals surface area contributed by atoms with Crippen LogP contribution < -0.4 is 15.4 Å². The van der Waals surface area contributed by atoms with E-state index in [-0.39, 0.29) is 17.2 Å². The minimum absolute atomic E-state index is 0.162. The van der Waals surface area contributed by atoms with Crippen molar-refractivity contribution < 1.29 is 14.3 Å². The van der Waals surface area contributed by atoms with Crippen molar-refractivity contribution in [1.29, 1.82) is 0 Å². The summed E-state index contributed by atoms with van der Waals surface area (Å²) in [7, 11) is 0. The first-order chi connectivity index (χ1) is 16.7. The molecule has 2 heterocycles. The second kappa shape index (κ2) is 10.8. The number of aryl methyl sites for hydroxylation is 1. The lowest BCUT2D eigenvalue weighted by Crippen LogP contribution is -2.21. The maximum absolute atomic E-state index is 13.3. The zero-order valence-electron chi connectivity index (χ0n) is 17.9. The van der Waals surface area contributed by atoms with E-state index in [1.54, 1.807) is 55.6 Å². The van der Waals surface area contributed by atoms with E-state index in [1.807, 2.05) is 0 Å². The zero-order chi connectivity index (χ0) is 25.1. The van der Waals surface area contributed by atoms with Crippen molar-refractivity contribution in [2.24, 2.45) is 0 Å². The van der Waals surface area contributed by atoms with Gasteiger partial charge in [0.05, 0.1) is 16.4 Å². The summed E-state index contributed by atoms with van der Waals surface area (Å²) in [5.41, 5.74) is 1.37. The van der Waals surface area contributed by atoms with Gasteiger partial charge in [0.2, 0.25) is 0 Å². The highest BCUT2D eigenvalue weighted by molar-refractivity contribution is 9.10. The maximum Gasteiger partial charge on any atom is 0.417 e. The first-order valence-electron chi connectivity index (χ1n) is 9.93. The van der Waals surface area contributed by atoms with Crippen molar-refractivity contribution in [3.63, 3.8) is 0 Å². The van der Waals surface area contributed by atoms with Gasteiger partial charge < -0.3 is 10.1 Å². The van der Waals surface area contributed by atoms with Gasteiger partial charge in [0.15, 0.2) is 5.82 Å². The van der Waals surface area contributed by atoms with Gasteiger partial charge in [0.1, 0.15) is 16.0 Å². The second-order valence-corrected chi connectivity index (χ2v) is 9.71. The molecule has 12 heteroatoms. The number of ether oxygens (including phenoxy) is 1. The molecule has 0 saturated heterocycles. The molecule has 8 nitrogen and oxygen atoms in total. The summed E-state index contributed by atoms with van der Waals surface area (Å²) in [5, 5.41) is 10.4. The van der Waals surface area contributed by atoms with E-state index in [9.17, 15) is 9.59 Å². The number of amides is 2. The maximum atomic E-state index is 13.3. The average molecular weight is 640 g/mol. The minimum Gasteiger partial charge on any atom is -0.410 e. The molecule has 0 unspecified atom stereocenters. The van der Waals surface area contributed by atoms with Crippen LogP contribution in [0.5, 0.6) is 5.75 Å². The number of rotatable bonds is 5. The highest BCUT2D eigenvalue weighted by Crippen LogP contribution is 2.31. The Balaban J connectivity index is 1.62. The molecule has 0 aliphatic carbocycles. The van der Waals surface area contributed by atoms with E-state index in [2.05, 4.69) is 52.6 Å². The number of nitrogens with one attached hydrogen (secondary N) is 2. The number of pyridine rings is 1. The quantitative estimate of drug-likeness (QED) is 0.239. The van der Waals surface area contributed by atoms with Gasteiger partial charge in [-0.25, -0.2) is 14.5 Å². The van der Waals surface area contributed by atoms with E-state index < -0.39 is 12.0 Å². The van der Waals surface area contributed by atoms with Crippen LogP contribution in [-0.4, -0.2) is 26.8 Å². The second-order valence-electron chi connectivity index (χ2n) is 7.14. The van der Waals surface area contributed by atoms with Crippen LogP contribution in [0.2, 0.25) is 10.0 Å². The monoisotopic (exact) mass is 637 g/mol. The van der Waals surface area contributed by atoms with E-state index in [0.29, 0.717) is 31.6 Å².